The van der Waals surface area contributed by atoms with E-state index in [2.05, 4.69) is 9.80 Å². The summed E-state index contributed by atoms with van der Waals surface area (Å²) in [5, 5.41) is 1.17. The number of anilines is 2. The van der Waals surface area contributed by atoms with Gasteiger partial charge in [-0.2, -0.15) is 0 Å². The van der Waals surface area contributed by atoms with Gasteiger partial charge >= 0.3 is 37.7 Å². The van der Waals surface area contributed by atoms with E-state index in [9.17, 15) is 19.1 Å². The van der Waals surface area contributed by atoms with Crippen LogP contribution in [0, 0.1) is 5.92 Å². The van der Waals surface area contributed by atoms with Crippen molar-refractivity contribution in [2.45, 2.75) is 45.8 Å². The maximum absolute atomic E-state index is 12.8. The normalized spacial score (nSPS) is 17.0. The predicted molar refractivity (Wildman–Crippen MR) is 155 cm³/mol. The average Bonchev–Trinajstić information content (AvgIpc) is 2.89. The Morgan fingerprint density at radius 2 is 1.73 bits per heavy atom. The molecule has 2 heterocycles. The van der Waals surface area contributed by atoms with E-state index in [0.29, 0.717) is 34.5 Å². The summed E-state index contributed by atoms with van der Waals surface area (Å²) in [5.41, 5.74) is 2.37. The fourth-order valence-electron chi connectivity index (χ4n) is 5.02. The van der Waals surface area contributed by atoms with Crippen LogP contribution in [-0.4, -0.2) is 94.1 Å². The zero-order valence-electron chi connectivity index (χ0n) is 22.9. The molecule has 2 aliphatic heterocycles. The number of piperazine rings is 1. The first-order valence-electron chi connectivity index (χ1n) is 13.2. The van der Waals surface area contributed by atoms with Gasteiger partial charge in [-0.25, -0.2) is 0 Å². The van der Waals surface area contributed by atoms with E-state index >= 15 is 0 Å². The van der Waals surface area contributed by atoms with E-state index in [1.807, 2.05) is 24.3 Å². The van der Waals surface area contributed by atoms with Gasteiger partial charge in [0.15, 0.2) is 0 Å². The number of fused-ring (bicyclic) bond motifs is 1. The van der Waals surface area contributed by atoms with Gasteiger partial charge in [-0.15, -0.1) is 0 Å². The van der Waals surface area contributed by atoms with E-state index in [0.717, 1.165) is 56.8 Å². The number of rotatable bonds is 11. The fourth-order valence-corrected chi connectivity index (χ4v) is 6.04. The minimum Gasteiger partial charge on any atom is -0.790 e. The monoisotopic (exact) mass is 637 g/mol. The zero-order valence-corrected chi connectivity index (χ0v) is 27.5. The van der Waals surface area contributed by atoms with Crippen molar-refractivity contribution in [3.63, 3.8) is 0 Å². The third kappa shape index (κ3) is 8.96. The quantitative estimate of drug-likeness (QED) is 0.208. The summed E-state index contributed by atoms with van der Waals surface area (Å²) < 4.78 is 22.2. The number of carbonyl (C=O) groups is 1. The smallest absolute Gasteiger partial charge is 0.790 e. The molecule has 2 aromatic rings. The summed E-state index contributed by atoms with van der Waals surface area (Å²) in [6.45, 7) is 8.53. The summed E-state index contributed by atoms with van der Waals surface area (Å²) >= 11 is 12.5. The topological polar surface area (TPSA) is 108 Å². The number of aryl methyl sites for hydroxylation is 1. The predicted octanol–water partition coefficient (Wildman–Crippen LogP) is 3.70. The van der Waals surface area contributed by atoms with Crippen molar-refractivity contribution in [3.8, 4) is 5.75 Å². The number of carbonyl (C=O) groups excluding carboxylic acids is 1. The van der Waals surface area contributed by atoms with Gasteiger partial charge in [0.1, 0.15) is 12.0 Å². The van der Waals surface area contributed by atoms with Gasteiger partial charge in [0.25, 0.3) is 0 Å². The van der Waals surface area contributed by atoms with Crippen molar-refractivity contribution >= 4 is 86.0 Å². The molecule has 4 rings (SSSR count). The van der Waals surface area contributed by atoms with Gasteiger partial charge in [0.2, 0.25) is 5.91 Å². The number of amides is 1. The summed E-state index contributed by atoms with van der Waals surface area (Å²) in [6, 6.07) is 11.2. The van der Waals surface area contributed by atoms with Crippen LogP contribution in [0.25, 0.3) is 0 Å². The van der Waals surface area contributed by atoms with Gasteiger partial charge in [-0.05, 0) is 55.5 Å². The van der Waals surface area contributed by atoms with Gasteiger partial charge < -0.3 is 28.5 Å². The molecule has 214 valence electrons. The van der Waals surface area contributed by atoms with E-state index < -0.39 is 20.0 Å². The molecule has 9 nitrogen and oxygen atoms in total. The number of benzene rings is 2. The Hall–Kier alpha value is -0.580. The molecule has 0 spiro atoms. The second-order valence-electron chi connectivity index (χ2n) is 10.2. The van der Waals surface area contributed by atoms with Crippen molar-refractivity contribution < 1.29 is 28.4 Å². The molecule has 0 bridgehead atoms. The first-order valence-corrected chi connectivity index (χ1v) is 15.4. The van der Waals surface area contributed by atoms with Crippen LogP contribution >= 0.6 is 31.0 Å². The average molecular weight is 639 g/mol. The van der Waals surface area contributed by atoms with Gasteiger partial charge in [0.05, 0.1) is 35.8 Å². The van der Waals surface area contributed by atoms with Crippen molar-refractivity contribution in [2.75, 3.05) is 49.1 Å². The van der Waals surface area contributed by atoms with E-state index in [1.165, 1.54) is 4.90 Å². The van der Waals surface area contributed by atoms with Crippen molar-refractivity contribution in [3.05, 3.63) is 52.0 Å². The van der Waals surface area contributed by atoms with Crippen LogP contribution in [0.4, 0.5) is 11.4 Å². The Bertz CT molecular complexity index is 1210. The first-order chi connectivity index (χ1) is 18.5. The van der Waals surface area contributed by atoms with Crippen LogP contribution in [0.2, 0.25) is 10.0 Å². The molecule has 2 aliphatic rings. The molecule has 0 aliphatic carbocycles. The van der Waals surface area contributed by atoms with Gasteiger partial charge in [-0.1, -0.05) is 49.2 Å². The largest absolute Gasteiger partial charge is 2.00 e. The molecule has 1 fully saturated rings. The number of unbranched alkanes of at least 4 members (excludes halogenated alkanes) is 1. The third-order valence-electron chi connectivity index (χ3n) is 7.04. The SMILES string of the molecule is CC(C)C(OP(=O)([O-])[O-])N1C(=O)CCc2ccc(OCCCCN3CCN(c4cccc(Cl)c4Cl)CC3)cc21.[Ca+2]. The first kappa shape index (κ1) is 33.9. The number of nitrogens with zero attached hydrogens (tertiary/aromatic N) is 3. The summed E-state index contributed by atoms with van der Waals surface area (Å²) in [6.07, 6.45) is 1.36. The number of ether oxygens (including phenoxy) is 1. The maximum Gasteiger partial charge on any atom is 2.00 e. The van der Waals surface area contributed by atoms with E-state index in [1.54, 1.807) is 26.0 Å². The minimum atomic E-state index is -5.30. The molecule has 1 unspecified atom stereocenters. The number of hydrogen-bond donors (Lipinski definition) is 0. The van der Waals surface area contributed by atoms with Crippen LogP contribution in [0.3, 0.4) is 0 Å². The second kappa shape index (κ2) is 15.2. The molecule has 0 radical (unpaired) electrons. The molecule has 13 heteroatoms. The molecule has 0 saturated carbocycles. The Morgan fingerprint density at radius 1 is 1.00 bits per heavy atom. The zero-order chi connectivity index (χ0) is 28.2. The van der Waals surface area contributed by atoms with Crippen LogP contribution in [0.1, 0.15) is 38.7 Å². The van der Waals surface area contributed by atoms with Crippen LogP contribution in [0.15, 0.2) is 36.4 Å². The number of phosphoric ester groups is 1. The summed E-state index contributed by atoms with van der Waals surface area (Å²) in [7, 11) is -5.30. The maximum atomic E-state index is 12.8. The van der Waals surface area contributed by atoms with Crippen molar-refractivity contribution in [2.24, 2.45) is 5.92 Å². The Balaban J connectivity index is 0.00000441. The molecular weight excluding hydrogens is 604 g/mol. The third-order valence-corrected chi connectivity index (χ3v) is 8.32. The number of hydrogen-bond acceptors (Lipinski definition) is 8. The standard InChI is InChI=1S/C27H36Cl2N3O6P.Ca/c1-19(2)27(38-39(34,35)36)32-24-18-21(10-8-20(24)9-11-25(32)33)37-17-4-3-12-30-13-15-31(16-14-30)23-7-5-6-22(28)26(23)29;/h5-8,10,18-19,27H,3-4,9,11-17H2,1-2H3,(H2,34,35,36);/q;+2/p-2. The van der Waals surface area contributed by atoms with Gasteiger partial charge in [0, 0.05) is 38.7 Å². The molecule has 1 amide bonds. The Morgan fingerprint density at radius 3 is 2.40 bits per heavy atom. The number of halogens is 2. The Labute approximate surface area is 275 Å². The van der Waals surface area contributed by atoms with Crippen molar-refractivity contribution in [1.82, 2.24) is 4.90 Å². The van der Waals surface area contributed by atoms with E-state index in [-0.39, 0.29) is 50.1 Å². The summed E-state index contributed by atoms with van der Waals surface area (Å²) in [4.78, 5) is 41.5. The Kier molecular flexibility index (Phi) is 12.9. The molecule has 1 saturated heterocycles. The molecule has 1 atom stereocenters. The number of phosphoric acid groups is 1. The fraction of sp³-hybridized carbons (Fsp3) is 0.519. The molecule has 0 aromatic heterocycles. The van der Waals surface area contributed by atoms with Crippen LogP contribution in [0.5, 0.6) is 5.75 Å². The molecule has 0 N–H and O–H groups in total. The molecule has 2 aromatic carbocycles. The van der Waals surface area contributed by atoms with E-state index in [4.69, 9.17) is 32.5 Å². The summed E-state index contributed by atoms with van der Waals surface area (Å²) in [5.74, 6) is -0.120. The van der Waals surface area contributed by atoms with Crippen molar-refractivity contribution in [1.29, 1.82) is 0 Å². The minimum absolute atomic E-state index is 0. The van der Waals surface area contributed by atoms with Gasteiger partial charge in [-0.3, -0.25) is 14.6 Å². The second-order valence-corrected chi connectivity index (χ2v) is 12.1. The van der Waals surface area contributed by atoms with Crippen LogP contribution < -0.4 is 24.3 Å². The molecule has 40 heavy (non-hydrogen) atoms. The van der Waals surface area contributed by atoms with Crippen LogP contribution in [-0.2, 0) is 20.3 Å². The molecular formula is C27H34CaCl2N3O6P.